The third kappa shape index (κ3) is 3.58. The summed E-state index contributed by atoms with van der Waals surface area (Å²) in [6.07, 6.45) is -0.223. The summed E-state index contributed by atoms with van der Waals surface area (Å²) in [5.41, 5.74) is 0.752. The molecule has 0 radical (unpaired) electrons. The Hall–Kier alpha value is -2.37. The van der Waals surface area contributed by atoms with Gasteiger partial charge in [-0.15, -0.1) is 0 Å². The van der Waals surface area contributed by atoms with Crippen molar-refractivity contribution in [1.29, 1.82) is 0 Å². The number of nitrogens with one attached hydrogen (secondary N) is 1. The molecule has 1 aromatic carbocycles. The second kappa shape index (κ2) is 6.26. The number of pyridine rings is 1. The number of rotatable bonds is 4. The second-order valence-corrected chi connectivity index (χ2v) is 6.09. The number of nitrogens with zero attached hydrogens (tertiary/aromatic N) is 1. The number of halogens is 3. The molecule has 24 heavy (non-hydrogen) atoms. The lowest BCUT2D eigenvalue weighted by atomic mass is 10.0. The minimum absolute atomic E-state index is 0.131. The predicted molar refractivity (Wildman–Crippen MR) is 83.1 cm³/mol. The van der Waals surface area contributed by atoms with Gasteiger partial charge in [-0.3, -0.25) is 9.78 Å². The van der Waals surface area contributed by atoms with E-state index in [2.05, 4.69) is 10.3 Å². The van der Waals surface area contributed by atoms with Crippen molar-refractivity contribution < 1.29 is 18.0 Å². The summed E-state index contributed by atoms with van der Waals surface area (Å²) in [4.78, 5) is 16.3. The highest BCUT2D eigenvalue weighted by atomic mass is 19.4. The van der Waals surface area contributed by atoms with Crippen LogP contribution in [0.5, 0.6) is 0 Å². The Labute approximate surface area is 137 Å². The Kier molecular flexibility index (Phi) is 4.30. The molecule has 2 aromatic rings. The molecule has 0 unspecified atom stereocenters. The number of hydrogen-bond donors (Lipinski definition) is 1. The molecule has 0 saturated heterocycles. The minimum atomic E-state index is -4.39. The smallest absolute Gasteiger partial charge is 0.349 e. The predicted octanol–water partition coefficient (Wildman–Crippen LogP) is 4.08. The van der Waals surface area contributed by atoms with E-state index in [1.807, 2.05) is 12.1 Å². The molecule has 1 amide bonds. The molecule has 0 bridgehead atoms. The van der Waals surface area contributed by atoms with Gasteiger partial charge in [0.25, 0.3) is 0 Å². The monoisotopic (exact) mass is 334 g/mol. The van der Waals surface area contributed by atoms with Crippen LogP contribution in [0.1, 0.15) is 42.0 Å². The summed E-state index contributed by atoms with van der Waals surface area (Å²) >= 11 is 0. The van der Waals surface area contributed by atoms with E-state index in [1.165, 1.54) is 6.07 Å². The zero-order valence-corrected chi connectivity index (χ0v) is 13.0. The van der Waals surface area contributed by atoms with E-state index < -0.39 is 17.8 Å². The third-order valence-electron chi connectivity index (χ3n) is 4.31. The van der Waals surface area contributed by atoms with Crippen LogP contribution in [0.25, 0.3) is 0 Å². The molecule has 3 nitrogen and oxygen atoms in total. The Morgan fingerprint density at radius 1 is 1.29 bits per heavy atom. The highest BCUT2D eigenvalue weighted by Crippen LogP contribution is 2.47. The highest BCUT2D eigenvalue weighted by Gasteiger charge is 2.44. The van der Waals surface area contributed by atoms with E-state index >= 15 is 0 Å². The molecular weight excluding hydrogens is 317 g/mol. The lowest BCUT2D eigenvalue weighted by Crippen LogP contribution is -2.28. The molecule has 0 aliphatic heterocycles. The quantitative estimate of drug-likeness (QED) is 0.915. The van der Waals surface area contributed by atoms with Crippen LogP contribution in [-0.2, 0) is 11.0 Å². The van der Waals surface area contributed by atoms with Gasteiger partial charge in [0.2, 0.25) is 5.91 Å². The molecule has 1 N–H and O–H groups in total. The molecule has 6 heteroatoms. The van der Waals surface area contributed by atoms with Gasteiger partial charge in [0.1, 0.15) is 0 Å². The number of amides is 1. The Bertz CT molecular complexity index is 731. The fraction of sp³-hybridized carbons (Fsp3) is 0.333. The van der Waals surface area contributed by atoms with Crippen LogP contribution in [0.3, 0.4) is 0 Å². The summed E-state index contributed by atoms with van der Waals surface area (Å²) < 4.78 is 38.3. The first-order valence-corrected chi connectivity index (χ1v) is 7.73. The topological polar surface area (TPSA) is 42.0 Å². The van der Waals surface area contributed by atoms with E-state index in [0.717, 1.165) is 24.1 Å². The lowest BCUT2D eigenvalue weighted by Gasteiger charge is -2.16. The van der Waals surface area contributed by atoms with Crippen molar-refractivity contribution in [2.45, 2.75) is 31.5 Å². The van der Waals surface area contributed by atoms with Gasteiger partial charge in [-0.05, 0) is 48.6 Å². The van der Waals surface area contributed by atoms with Crippen molar-refractivity contribution in [3.8, 4) is 0 Å². The molecule has 0 spiro atoms. The van der Waals surface area contributed by atoms with Gasteiger partial charge in [-0.25, -0.2) is 0 Å². The first-order chi connectivity index (χ1) is 11.4. The summed E-state index contributed by atoms with van der Waals surface area (Å²) in [6.45, 7) is 1.69. The highest BCUT2D eigenvalue weighted by molar-refractivity contribution is 5.83. The lowest BCUT2D eigenvalue weighted by molar-refractivity contribution is -0.137. The maximum absolute atomic E-state index is 12.8. The van der Waals surface area contributed by atoms with Crippen molar-refractivity contribution >= 4 is 5.91 Å². The normalized spacial score (nSPS) is 21.2. The third-order valence-corrected chi connectivity index (χ3v) is 4.31. The maximum atomic E-state index is 12.8. The Morgan fingerprint density at radius 3 is 2.75 bits per heavy atom. The Morgan fingerprint density at radius 2 is 2.08 bits per heavy atom. The van der Waals surface area contributed by atoms with Gasteiger partial charge in [0.15, 0.2) is 0 Å². The summed E-state index contributed by atoms with van der Waals surface area (Å²) in [5.74, 6) is -0.122. The summed E-state index contributed by atoms with van der Waals surface area (Å²) in [7, 11) is 0. The van der Waals surface area contributed by atoms with Crippen LogP contribution in [-0.4, -0.2) is 10.9 Å². The maximum Gasteiger partial charge on any atom is 0.416 e. The van der Waals surface area contributed by atoms with Crippen LogP contribution < -0.4 is 5.32 Å². The summed E-state index contributed by atoms with van der Waals surface area (Å²) in [6, 6.07) is 8.33. The zero-order chi connectivity index (χ0) is 17.3. The molecule has 126 valence electrons. The molecule has 1 fully saturated rings. The van der Waals surface area contributed by atoms with E-state index in [9.17, 15) is 18.0 Å². The molecule has 3 atom stereocenters. The van der Waals surface area contributed by atoms with E-state index in [4.69, 9.17) is 0 Å². The average Bonchev–Trinajstić information content (AvgIpc) is 3.36. The number of hydrogen-bond acceptors (Lipinski definition) is 2. The second-order valence-electron chi connectivity index (χ2n) is 6.09. The van der Waals surface area contributed by atoms with Gasteiger partial charge in [-0.1, -0.05) is 18.2 Å². The first-order valence-electron chi connectivity index (χ1n) is 7.73. The number of carbonyl (C=O) groups excluding carboxylic acids is 1. The number of benzene rings is 1. The van der Waals surface area contributed by atoms with Gasteiger partial charge < -0.3 is 5.32 Å². The zero-order valence-electron chi connectivity index (χ0n) is 13.0. The van der Waals surface area contributed by atoms with Gasteiger partial charge in [-0.2, -0.15) is 13.2 Å². The molecule has 1 aromatic heterocycles. The fourth-order valence-corrected chi connectivity index (χ4v) is 2.84. The van der Waals surface area contributed by atoms with Crippen molar-refractivity contribution in [2.75, 3.05) is 0 Å². The largest absolute Gasteiger partial charge is 0.416 e. The molecule has 1 aliphatic rings. The van der Waals surface area contributed by atoms with Gasteiger partial charge in [0, 0.05) is 18.3 Å². The molecule has 1 heterocycles. The Balaban J connectivity index is 1.63. The first kappa shape index (κ1) is 16.5. The van der Waals surface area contributed by atoms with E-state index in [-0.39, 0.29) is 17.7 Å². The fourth-order valence-electron chi connectivity index (χ4n) is 2.84. The van der Waals surface area contributed by atoms with Gasteiger partial charge >= 0.3 is 6.18 Å². The SMILES string of the molecule is C[C@H](NC(=O)[C@@H]1C[C@@H]1c1cccnc1)c1cccc(C(F)(F)F)c1. The van der Waals surface area contributed by atoms with Crippen molar-refractivity contribution in [1.82, 2.24) is 10.3 Å². The van der Waals surface area contributed by atoms with E-state index in [0.29, 0.717) is 5.56 Å². The van der Waals surface area contributed by atoms with Crippen molar-refractivity contribution in [3.63, 3.8) is 0 Å². The van der Waals surface area contributed by atoms with Crippen LogP contribution in [0, 0.1) is 5.92 Å². The van der Waals surface area contributed by atoms with E-state index in [1.54, 1.807) is 25.4 Å². The van der Waals surface area contributed by atoms with Crippen LogP contribution in [0.2, 0.25) is 0 Å². The molecule has 3 rings (SSSR count). The molecule has 1 saturated carbocycles. The standard InChI is InChI=1S/C18H17F3N2O/c1-11(12-4-2-6-14(8-12)18(19,20)21)23-17(24)16-9-15(16)13-5-3-7-22-10-13/h2-8,10-11,15-16H,9H2,1H3,(H,23,24)/t11-,15+,16+/m0/s1. The average molecular weight is 334 g/mol. The van der Waals surface area contributed by atoms with Gasteiger partial charge in [0.05, 0.1) is 11.6 Å². The van der Waals surface area contributed by atoms with Crippen molar-refractivity contribution in [3.05, 3.63) is 65.5 Å². The number of carbonyl (C=O) groups is 1. The van der Waals surface area contributed by atoms with Crippen molar-refractivity contribution in [2.24, 2.45) is 5.92 Å². The number of alkyl halides is 3. The summed E-state index contributed by atoms with van der Waals surface area (Å²) in [5, 5.41) is 2.81. The van der Waals surface area contributed by atoms with Crippen LogP contribution in [0.4, 0.5) is 13.2 Å². The molecular formula is C18H17F3N2O. The molecule has 1 aliphatic carbocycles. The minimum Gasteiger partial charge on any atom is -0.349 e. The van der Waals surface area contributed by atoms with Crippen LogP contribution >= 0.6 is 0 Å². The van der Waals surface area contributed by atoms with Crippen LogP contribution in [0.15, 0.2) is 48.8 Å². The number of aromatic nitrogens is 1.